The minimum atomic E-state index is 0.394. The molecule has 0 aliphatic carbocycles. The Morgan fingerprint density at radius 2 is 2.00 bits per heavy atom. The molecule has 2 rings (SSSR count). The molecule has 0 saturated heterocycles. The Hall–Kier alpha value is -1.44. The van der Waals surface area contributed by atoms with Gasteiger partial charge in [-0.15, -0.1) is 0 Å². The second-order valence-electron chi connectivity index (χ2n) is 5.52. The van der Waals surface area contributed by atoms with Gasteiger partial charge < -0.3 is 10.3 Å². The van der Waals surface area contributed by atoms with Crippen LogP contribution in [-0.2, 0) is 0 Å². The summed E-state index contributed by atoms with van der Waals surface area (Å²) in [4.78, 5) is 3.20. The zero-order valence-electron chi connectivity index (χ0n) is 10.3. The molecule has 0 fully saturated rings. The molecule has 0 unspecified atom stereocenters. The Morgan fingerprint density at radius 3 is 2.75 bits per heavy atom. The van der Waals surface area contributed by atoms with E-state index in [-0.39, 0.29) is 0 Å². The van der Waals surface area contributed by atoms with Gasteiger partial charge in [-0.3, -0.25) is 0 Å². The SMILES string of the molecule is CC(C)(C)CCNc1ccc2[nH]ccc2c1. The van der Waals surface area contributed by atoms with Crippen LogP contribution in [0.4, 0.5) is 5.69 Å². The third-order valence-corrected chi connectivity index (χ3v) is 2.76. The molecule has 1 aromatic heterocycles. The number of hydrogen-bond acceptors (Lipinski definition) is 1. The predicted molar refractivity (Wildman–Crippen MR) is 70.9 cm³/mol. The summed E-state index contributed by atoms with van der Waals surface area (Å²) < 4.78 is 0. The van der Waals surface area contributed by atoms with Crippen LogP contribution < -0.4 is 5.32 Å². The molecule has 0 aliphatic heterocycles. The fourth-order valence-electron chi connectivity index (χ4n) is 1.75. The van der Waals surface area contributed by atoms with Crippen molar-refractivity contribution >= 4 is 16.6 Å². The van der Waals surface area contributed by atoms with Crippen molar-refractivity contribution in [1.29, 1.82) is 0 Å². The average molecular weight is 216 g/mol. The van der Waals surface area contributed by atoms with Gasteiger partial charge in [0.2, 0.25) is 0 Å². The number of benzene rings is 1. The standard InChI is InChI=1S/C14H20N2/c1-14(2,3)7-9-15-12-4-5-13-11(10-12)6-8-16-13/h4-6,8,10,15-16H,7,9H2,1-3H3. The Bertz CT molecular complexity index is 463. The first kappa shape index (κ1) is 11.1. The fourth-order valence-corrected chi connectivity index (χ4v) is 1.75. The van der Waals surface area contributed by atoms with Crippen molar-refractivity contribution in [2.45, 2.75) is 27.2 Å². The molecule has 86 valence electrons. The molecule has 2 heteroatoms. The summed E-state index contributed by atoms with van der Waals surface area (Å²) in [6, 6.07) is 8.54. The molecule has 0 aliphatic rings. The third kappa shape index (κ3) is 2.78. The van der Waals surface area contributed by atoms with Crippen LogP contribution in [0.1, 0.15) is 27.2 Å². The van der Waals surface area contributed by atoms with Crippen molar-refractivity contribution < 1.29 is 0 Å². The summed E-state index contributed by atoms with van der Waals surface area (Å²) in [5, 5.41) is 4.73. The molecule has 1 aromatic carbocycles. The predicted octanol–water partition coefficient (Wildman–Crippen LogP) is 4.02. The highest BCUT2D eigenvalue weighted by molar-refractivity contribution is 5.82. The van der Waals surface area contributed by atoms with E-state index >= 15 is 0 Å². The van der Waals surface area contributed by atoms with Crippen molar-refractivity contribution in [3.63, 3.8) is 0 Å². The molecule has 1 heterocycles. The summed E-state index contributed by atoms with van der Waals surface area (Å²) in [6.07, 6.45) is 3.15. The molecular weight excluding hydrogens is 196 g/mol. The molecule has 0 radical (unpaired) electrons. The van der Waals surface area contributed by atoms with Gasteiger partial charge in [0.05, 0.1) is 0 Å². The van der Waals surface area contributed by atoms with Crippen molar-refractivity contribution in [2.24, 2.45) is 5.41 Å². The van der Waals surface area contributed by atoms with Gasteiger partial charge in [-0.25, -0.2) is 0 Å². The number of anilines is 1. The Balaban J connectivity index is 1.99. The van der Waals surface area contributed by atoms with Gasteiger partial charge >= 0.3 is 0 Å². The van der Waals surface area contributed by atoms with E-state index in [1.54, 1.807) is 0 Å². The number of H-pyrrole nitrogens is 1. The van der Waals surface area contributed by atoms with E-state index in [0.29, 0.717) is 5.41 Å². The van der Waals surface area contributed by atoms with E-state index in [1.165, 1.54) is 23.0 Å². The van der Waals surface area contributed by atoms with Gasteiger partial charge in [-0.2, -0.15) is 0 Å². The second-order valence-corrected chi connectivity index (χ2v) is 5.52. The summed E-state index contributed by atoms with van der Waals surface area (Å²) in [5.74, 6) is 0. The normalized spacial score (nSPS) is 11.9. The lowest BCUT2D eigenvalue weighted by molar-refractivity contribution is 0.390. The number of fused-ring (bicyclic) bond motifs is 1. The monoisotopic (exact) mass is 216 g/mol. The molecule has 0 spiro atoms. The van der Waals surface area contributed by atoms with Crippen LogP contribution in [0, 0.1) is 5.41 Å². The van der Waals surface area contributed by atoms with Crippen molar-refractivity contribution in [1.82, 2.24) is 4.98 Å². The zero-order chi connectivity index (χ0) is 11.6. The van der Waals surface area contributed by atoms with Crippen molar-refractivity contribution in [3.05, 3.63) is 30.5 Å². The third-order valence-electron chi connectivity index (χ3n) is 2.76. The van der Waals surface area contributed by atoms with E-state index in [9.17, 15) is 0 Å². The first-order valence-electron chi connectivity index (χ1n) is 5.86. The van der Waals surface area contributed by atoms with Gasteiger partial charge in [-0.1, -0.05) is 20.8 Å². The number of hydrogen-bond donors (Lipinski definition) is 2. The van der Waals surface area contributed by atoms with Crippen LogP contribution in [0.5, 0.6) is 0 Å². The highest BCUT2D eigenvalue weighted by Crippen LogP contribution is 2.20. The van der Waals surface area contributed by atoms with Crippen LogP contribution in [0.2, 0.25) is 0 Å². The maximum Gasteiger partial charge on any atom is 0.0455 e. The second kappa shape index (κ2) is 4.20. The Labute approximate surface area is 97.1 Å². The average Bonchev–Trinajstić information content (AvgIpc) is 2.62. The maximum absolute atomic E-state index is 3.47. The first-order chi connectivity index (χ1) is 7.54. The summed E-state index contributed by atoms with van der Waals surface area (Å²) in [7, 11) is 0. The largest absolute Gasteiger partial charge is 0.385 e. The van der Waals surface area contributed by atoms with E-state index in [4.69, 9.17) is 0 Å². The van der Waals surface area contributed by atoms with Crippen LogP contribution in [0.15, 0.2) is 30.5 Å². The van der Waals surface area contributed by atoms with E-state index in [1.807, 2.05) is 6.20 Å². The highest BCUT2D eigenvalue weighted by atomic mass is 14.9. The Kier molecular flexibility index (Phi) is 2.90. The number of rotatable bonds is 3. The van der Waals surface area contributed by atoms with Gasteiger partial charge in [0.1, 0.15) is 0 Å². The lowest BCUT2D eigenvalue weighted by Gasteiger charge is -2.18. The van der Waals surface area contributed by atoms with Crippen LogP contribution in [0.3, 0.4) is 0 Å². The molecule has 0 bridgehead atoms. The topological polar surface area (TPSA) is 27.8 Å². The van der Waals surface area contributed by atoms with Crippen molar-refractivity contribution in [2.75, 3.05) is 11.9 Å². The highest BCUT2D eigenvalue weighted by Gasteiger charge is 2.08. The summed E-state index contributed by atoms with van der Waals surface area (Å²) in [6.45, 7) is 7.83. The smallest absolute Gasteiger partial charge is 0.0455 e. The molecule has 16 heavy (non-hydrogen) atoms. The lowest BCUT2D eigenvalue weighted by atomic mass is 9.92. The molecule has 2 N–H and O–H groups in total. The van der Waals surface area contributed by atoms with E-state index in [0.717, 1.165) is 6.54 Å². The summed E-state index contributed by atoms with van der Waals surface area (Å²) in [5.41, 5.74) is 2.79. The number of aromatic nitrogens is 1. The van der Waals surface area contributed by atoms with Gasteiger partial charge in [-0.05, 0) is 36.1 Å². The molecule has 2 nitrogen and oxygen atoms in total. The van der Waals surface area contributed by atoms with Crippen molar-refractivity contribution in [3.8, 4) is 0 Å². The maximum atomic E-state index is 3.47. The number of nitrogens with one attached hydrogen (secondary N) is 2. The fraction of sp³-hybridized carbons (Fsp3) is 0.429. The molecule has 0 atom stereocenters. The molecule has 0 amide bonds. The summed E-state index contributed by atoms with van der Waals surface area (Å²) >= 11 is 0. The molecule has 2 aromatic rings. The van der Waals surface area contributed by atoms with Crippen LogP contribution in [-0.4, -0.2) is 11.5 Å². The zero-order valence-corrected chi connectivity index (χ0v) is 10.3. The van der Waals surface area contributed by atoms with Crippen LogP contribution >= 0.6 is 0 Å². The quantitative estimate of drug-likeness (QED) is 0.797. The first-order valence-corrected chi connectivity index (χ1v) is 5.86. The number of aromatic amines is 1. The minimum absolute atomic E-state index is 0.394. The lowest BCUT2D eigenvalue weighted by Crippen LogP contribution is -2.12. The minimum Gasteiger partial charge on any atom is -0.385 e. The van der Waals surface area contributed by atoms with E-state index < -0.39 is 0 Å². The van der Waals surface area contributed by atoms with Gasteiger partial charge in [0.15, 0.2) is 0 Å². The molecule has 0 saturated carbocycles. The van der Waals surface area contributed by atoms with Gasteiger partial charge in [0, 0.05) is 29.3 Å². The molecular formula is C14H20N2. The Morgan fingerprint density at radius 1 is 1.19 bits per heavy atom. The van der Waals surface area contributed by atoms with Gasteiger partial charge in [0.25, 0.3) is 0 Å². The van der Waals surface area contributed by atoms with Crippen LogP contribution in [0.25, 0.3) is 10.9 Å². The van der Waals surface area contributed by atoms with E-state index in [2.05, 4.69) is 55.3 Å².